The minimum atomic E-state index is -0.365. The van der Waals surface area contributed by atoms with E-state index in [1.807, 2.05) is 30.6 Å². The van der Waals surface area contributed by atoms with Crippen molar-refractivity contribution in [1.82, 2.24) is 15.2 Å². The first-order valence-corrected chi connectivity index (χ1v) is 26.1. The maximum Gasteiger partial charge on any atom is 2.00 e. The van der Waals surface area contributed by atoms with Gasteiger partial charge in [0.15, 0.2) is 5.78 Å². The van der Waals surface area contributed by atoms with Crippen molar-refractivity contribution in [2.75, 3.05) is 0 Å². The number of carbonyl (C=O) groups excluding carboxylic acids is 2. The fourth-order valence-electron chi connectivity index (χ4n) is 12.2. The molecule has 3 fully saturated rings. The number of nitrogens with one attached hydrogen (secondary N) is 1. The van der Waals surface area contributed by atoms with Crippen molar-refractivity contribution in [3.63, 3.8) is 0 Å². The molecule has 390 valence electrons. The summed E-state index contributed by atoms with van der Waals surface area (Å²) in [5.74, 6) is 0.313. The van der Waals surface area contributed by atoms with Crippen LogP contribution >= 0.6 is 0 Å². The number of rotatable bonds is 15. The van der Waals surface area contributed by atoms with Gasteiger partial charge in [-0.1, -0.05) is 91.0 Å². The SMILES string of the molecule is CC(ON1C(C)(C)CC(CC(=O)c2cc([C-]=O)cc(C(=N)OC3CC(C)(C)N(OC(C)C4C=CC=CC4)C(C)(C)C3)c2)CC1(C)C)c1ccccc1.CC(ON1C(C)(C)C[CH-]CC1(C)C)c1ccccc1.[U+2]. The van der Waals surface area contributed by atoms with Crippen LogP contribution in [0.25, 0.3) is 0 Å². The van der Waals surface area contributed by atoms with E-state index in [1.54, 1.807) is 18.2 Å². The molecule has 11 heteroatoms. The summed E-state index contributed by atoms with van der Waals surface area (Å²) in [6.07, 6.45) is 18.9. The molecule has 4 unspecified atom stereocenters. The van der Waals surface area contributed by atoms with E-state index >= 15 is 0 Å². The van der Waals surface area contributed by atoms with Crippen molar-refractivity contribution in [3.8, 4) is 0 Å². The molecule has 3 saturated heterocycles. The number of hydroxylamine groups is 6. The monoisotopic (exact) mass is 1210 g/mol. The Hall–Kier alpha value is -3.24. The van der Waals surface area contributed by atoms with Gasteiger partial charge in [0.1, 0.15) is 18.3 Å². The summed E-state index contributed by atoms with van der Waals surface area (Å²) in [6, 6.07) is 25.5. The van der Waals surface area contributed by atoms with Crippen LogP contribution in [0.3, 0.4) is 0 Å². The molecule has 1 N–H and O–H groups in total. The normalized spacial score (nSPS) is 23.8. The molecule has 10 nitrogen and oxygen atoms in total. The summed E-state index contributed by atoms with van der Waals surface area (Å²) in [5.41, 5.74) is 2.11. The van der Waals surface area contributed by atoms with Gasteiger partial charge >= 0.3 is 31.1 Å². The maximum absolute atomic E-state index is 13.9. The molecule has 72 heavy (non-hydrogen) atoms. The summed E-state index contributed by atoms with van der Waals surface area (Å²) >= 11 is 0. The minimum absolute atomic E-state index is 0. The fourth-order valence-corrected chi connectivity index (χ4v) is 12.2. The standard InChI is InChI=1S/C44H60N3O5.C17H26NO.U/c1-30(34-17-13-11-14-18-34)51-46-41(3,4)25-33(26-42(46,5)6)23-39(49)36-21-32(29-48)22-37(24-36)40(45)50-38-27-43(7,8)47(44(9,10)28-38)52-31(2)35-19-15-12-16-20-35;1-14(15-10-7-6-8-11-15)19-18-16(2,3)12-9-13-17(18,4)5;/h11-19,21-22,24,30-31,33,35,38,45H,20,23,25-28H2,1-10H3;6-11,14H,12-13H2,1-5H3;/q2*-1;+2. The van der Waals surface area contributed by atoms with Crippen LogP contribution in [0.2, 0.25) is 0 Å². The zero-order chi connectivity index (χ0) is 52.2. The number of hydrogen-bond donors (Lipinski definition) is 1. The molecular formula is C61H86N4O6U. The predicted octanol–water partition coefficient (Wildman–Crippen LogP) is 14.0. The molecule has 4 aliphatic rings. The number of carbonyl (C=O) groups is 1. The number of Topliss-reactive ketones (excluding diaryl/α,β-unsaturated/α-hetero) is 1. The Labute approximate surface area is 457 Å². The van der Waals surface area contributed by atoms with Gasteiger partial charge < -0.3 is 16.0 Å². The molecule has 3 aromatic rings. The molecule has 3 heterocycles. The van der Waals surface area contributed by atoms with Gasteiger partial charge in [0.05, 0.1) is 12.4 Å². The molecule has 3 aliphatic heterocycles. The quantitative estimate of drug-likeness (QED) is 0.0689. The Kier molecular flexibility index (Phi) is 20.0. The van der Waals surface area contributed by atoms with Crippen molar-refractivity contribution in [2.24, 2.45) is 11.8 Å². The second-order valence-electron chi connectivity index (χ2n) is 24.6. The third kappa shape index (κ3) is 15.0. The van der Waals surface area contributed by atoms with E-state index in [1.165, 1.54) is 5.56 Å². The van der Waals surface area contributed by atoms with E-state index in [-0.39, 0.29) is 112 Å². The maximum atomic E-state index is 13.9. The van der Waals surface area contributed by atoms with Crippen molar-refractivity contribution >= 4 is 18.0 Å². The zero-order valence-electron chi connectivity index (χ0n) is 46.3. The molecule has 1 aliphatic carbocycles. The van der Waals surface area contributed by atoms with Crippen LogP contribution in [0.1, 0.15) is 200 Å². The molecular weight excluding hydrogens is 1120 g/mol. The summed E-state index contributed by atoms with van der Waals surface area (Å²) in [5, 5.41) is 15.4. The molecule has 0 aromatic heterocycles. The van der Waals surface area contributed by atoms with Crippen LogP contribution in [0.4, 0.5) is 0 Å². The van der Waals surface area contributed by atoms with E-state index in [0.717, 1.165) is 37.7 Å². The van der Waals surface area contributed by atoms with Crippen LogP contribution in [-0.4, -0.2) is 78.6 Å². The fraction of sp³-hybridized carbons (Fsp3) is 0.574. The number of nitrogens with zero attached hydrogens (tertiary/aromatic N) is 3. The summed E-state index contributed by atoms with van der Waals surface area (Å²) in [6.45, 7) is 32.6. The van der Waals surface area contributed by atoms with Crippen molar-refractivity contribution < 1.29 is 60.0 Å². The number of benzene rings is 3. The first-order chi connectivity index (χ1) is 33.1. The number of ether oxygens (including phenoxy) is 1. The Morgan fingerprint density at radius 2 is 1.11 bits per heavy atom. The second-order valence-corrected chi connectivity index (χ2v) is 24.6. The topological polar surface area (TPSA) is 105 Å². The van der Waals surface area contributed by atoms with Crippen molar-refractivity contribution in [2.45, 2.75) is 213 Å². The van der Waals surface area contributed by atoms with E-state index in [4.69, 9.17) is 24.7 Å². The molecule has 0 spiro atoms. The largest absolute Gasteiger partial charge is 2.00 e. The summed E-state index contributed by atoms with van der Waals surface area (Å²) in [7, 11) is 0. The Balaban J connectivity index is 0.000000402. The van der Waals surface area contributed by atoms with Crippen LogP contribution in [0.5, 0.6) is 0 Å². The molecule has 0 amide bonds. The first-order valence-electron chi connectivity index (χ1n) is 26.1. The number of ketones is 1. The van der Waals surface area contributed by atoms with Crippen LogP contribution < -0.4 is 0 Å². The van der Waals surface area contributed by atoms with E-state index in [9.17, 15) is 9.59 Å². The van der Waals surface area contributed by atoms with Gasteiger partial charge in [0, 0.05) is 58.4 Å². The molecule has 7 rings (SSSR count). The average molecular weight is 1210 g/mol. The Morgan fingerprint density at radius 1 is 0.653 bits per heavy atom. The van der Waals surface area contributed by atoms with Gasteiger partial charge in [-0.05, 0) is 151 Å². The Morgan fingerprint density at radius 3 is 1.58 bits per heavy atom. The molecule has 0 bridgehead atoms. The van der Waals surface area contributed by atoms with Gasteiger partial charge in [0.25, 0.3) is 0 Å². The average Bonchev–Trinajstić information content (AvgIpc) is 3.30. The molecule has 4 atom stereocenters. The van der Waals surface area contributed by atoms with E-state index < -0.39 is 0 Å². The zero-order valence-corrected chi connectivity index (χ0v) is 50.5. The number of hydrogen-bond acceptors (Lipinski definition) is 10. The predicted molar refractivity (Wildman–Crippen MR) is 286 cm³/mol. The van der Waals surface area contributed by atoms with Gasteiger partial charge in [0.2, 0.25) is 5.90 Å². The minimum Gasteiger partial charge on any atom is -0.475 e. The smallest absolute Gasteiger partial charge is 0.475 e. The molecule has 0 saturated carbocycles. The van der Waals surface area contributed by atoms with Crippen LogP contribution in [-0.2, 0) is 24.0 Å². The second kappa shape index (κ2) is 24.2. The van der Waals surface area contributed by atoms with Crippen LogP contribution in [0, 0.1) is 54.8 Å². The summed E-state index contributed by atoms with van der Waals surface area (Å²) in [4.78, 5) is 45.4. The van der Waals surface area contributed by atoms with Gasteiger partial charge in [-0.2, -0.15) is 28.0 Å². The van der Waals surface area contributed by atoms with E-state index in [2.05, 4.69) is 186 Å². The third-order valence-electron chi connectivity index (χ3n) is 15.0. The number of allylic oxidation sites excluding steroid dienone is 3. The molecule has 0 radical (unpaired) electrons. The van der Waals surface area contributed by atoms with Crippen molar-refractivity contribution in [1.29, 1.82) is 5.41 Å². The van der Waals surface area contributed by atoms with Gasteiger partial charge in [-0.25, -0.2) is 0 Å². The Bertz CT molecular complexity index is 2290. The van der Waals surface area contributed by atoms with Gasteiger partial charge in [-0.15, -0.1) is 17.7 Å². The van der Waals surface area contributed by atoms with Gasteiger partial charge in [-0.3, -0.25) is 24.7 Å². The van der Waals surface area contributed by atoms with E-state index in [0.29, 0.717) is 36.3 Å². The van der Waals surface area contributed by atoms with Crippen molar-refractivity contribution in [3.05, 3.63) is 137 Å². The summed E-state index contributed by atoms with van der Waals surface area (Å²) < 4.78 is 6.35. The van der Waals surface area contributed by atoms with Crippen LogP contribution in [0.15, 0.2) is 103 Å². The molecule has 3 aromatic carbocycles. The third-order valence-corrected chi connectivity index (χ3v) is 15.0. The number of piperidine rings is 3. The first kappa shape index (κ1) is 59.6.